The molecule has 2 aromatic rings. The Morgan fingerprint density at radius 2 is 2.30 bits per heavy atom. The SMILES string of the molecule is CNc1cc(C(=O)N2CCn3cnnc3C2)c(Cl)cn1. The molecule has 1 N–H and O–H groups in total. The third-order valence-electron chi connectivity index (χ3n) is 3.27. The highest BCUT2D eigenvalue weighted by Gasteiger charge is 2.24. The molecule has 0 fully saturated rings. The number of nitrogens with one attached hydrogen (secondary N) is 1. The molecule has 1 aliphatic heterocycles. The van der Waals surface area contributed by atoms with Crippen LogP contribution in [0, 0.1) is 0 Å². The Balaban J connectivity index is 1.87. The van der Waals surface area contributed by atoms with Gasteiger partial charge in [-0.3, -0.25) is 4.79 Å². The van der Waals surface area contributed by atoms with Crippen LogP contribution in [0.4, 0.5) is 5.82 Å². The van der Waals surface area contributed by atoms with Gasteiger partial charge in [-0.15, -0.1) is 10.2 Å². The first-order chi connectivity index (χ1) is 9.69. The van der Waals surface area contributed by atoms with E-state index < -0.39 is 0 Å². The number of hydrogen-bond donors (Lipinski definition) is 1. The Labute approximate surface area is 120 Å². The van der Waals surface area contributed by atoms with Gasteiger partial charge in [-0.2, -0.15) is 0 Å². The van der Waals surface area contributed by atoms with E-state index in [0.717, 1.165) is 5.82 Å². The number of pyridine rings is 1. The molecule has 3 rings (SSSR count). The molecule has 104 valence electrons. The van der Waals surface area contributed by atoms with Crippen LogP contribution in [0.25, 0.3) is 0 Å². The summed E-state index contributed by atoms with van der Waals surface area (Å²) in [7, 11) is 1.74. The topological polar surface area (TPSA) is 75.9 Å². The fourth-order valence-corrected chi connectivity index (χ4v) is 2.33. The summed E-state index contributed by atoms with van der Waals surface area (Å²) in [5, 5.41) is 11.1. The lowest BCUT2D eigenvalue weighted by molar-refractivity contribution is 0.0707. The second-order valence-corrected chi connectivity index (χ2v) is 4.87. The van der Waals surface area contributed by atoms with E-state index >= 15 is 0 Å². The number of halogens is 1. The first-order valence-electron chi connectivity index (χ1n) is 6.18. The van der Waals surface area contributed by atoms with Crippen LogP contribution >= 0.6 is 11.6 Å². The Bertz CT molecular complexity index is 655. The van der Waals surface area contributed by atoms with Crippen molar-refractivity contribution in [3.05, 3.63) is 35.0 Å². The normalized spacial score (nSPS) is 14.0. The van der Waals surface area contributed by atoms with E-state index in [1.54, 1.807) is 24.3 Å². The highest BCUT2D eigenvalue weighted by atomic mass is 35.5. The lowest BCUT2D eigenvalue weighted by Gasteiger charge is -2.27. The average molecular weight is 293 g/mol. The zero-order valence-electron chi connectivity index (χ0n) is 10.9. The summed E-state index contributed by atoms with van der Waals surface area (Å²) in [5.74, 6) is 1.27. The third kappa shape index (κ3) is 2.20. The van der Waals surface area contributed by atoms with Gasteiger partial charge < -0.3 is 14.8 Å². The molecule has 7 nitrogen and oxygen atoms in total. The molecular weight excluding hydrogens is 280 g/mol. The number of fused-ring (bicyclic) bond motifs is 1. The molecule has 20 heavy (non-hydrogen) atoms. The Morgan fingerprint density at radius 3 is 3.10 bits per heavy atom. The summed E-state index contributed by atoms with van der Waals surface area (Å²) in [6.07, 6.45) is 3.16. The van der Waals surface area contributed by atoms with Crippen molar-refractivity contribution < 1.29 is 4.79 Å². The van der Waals surface area contributed by atoms with Crippen molar-refractivity contribution in [2.45, 2.75) is 13.1 Å². The molecule has 2 aromatic heterocycles. The summed E-state index contributed by atoms with van der Waals surface area (Å²) in [5.41, 5.74) is 0.444. The van der Waals surface area contributed by atoms with E-state index in [1.165, 1.54) is 6.20 Å². The number of carbonyl (C=O) groups is 1. The molecule has 0 bridgehead atoms. The molecule has 0 radical (unpaired) electrons. The molecule has 1 amide bonds. The molecule has 0 spiro atoms. The van der Waals surface area contributed by atoms with Crippen LogP contribution in [0.1, 0.15) is 16.2 Å². The van der Waals surface area contributed by atoms with E-state index in [4.69, 9.17) is 11.6 Å². The fraction of sp³-hybridized carbons (Fsp3) is 0.333. The lowest BCUT2D eigenvalue weighted by Crippen LogP contribution is -2.38. The Morgan fingerprint density at radius 1 is 1.45 bits per heavy atom. The van der Waals surface area contributed by atoms with Gasteiger partial charge in [0.25, 0.3) is 5.91 Å². The molecule has 3 heterocycles. The highest BCUT2D eigenvalue weighted by molar-refractivity contribution is 6.33. The number of amides is 1. The highest BCUT2D eigenvalue weighted by Crippen LogP contribution is 2.21. The average Bonchev–Trinajstić information content (AvgIpc) is 2.94. The summed E-state index contributed by atoms with van der Waals surface area (Å²) in [4.78, 5) is 18.3. The van der Waals surface area contributed by atoms with Crippen molar-refractivity contribution in [2.24, 2.45) is 0 Å². The molecule has 0 saturated carbocycles. The predicted molar refractivity (Wildman–Crippen MR) is 73.6 cm³/mol. The monoisotopic (exact) mass is 292 g/mol. The van der Waals surface area contributed by atoms with Crippen molar-refractivity contribution in [3.8, 4) is 0 Å². The smallest absolute Gasteiger partial charge is 0.256 e. The second-order valence-electron chi connectivity index (χ2n) is 4.47. The van der Waals surface area contributed by atoms with Crippen LogP contribution in [-0.4, -0.2) is 44.1 Å². The second kappa shape index (κ2) is 5.09. The van der Waals surface area contributed by atoms with E-state index in [1.807, 2.05) is 4.57 Å². The molecule has 8 heteroatoms. The van der Waals surface area contributed by atoms with Crippen molar-refractivity contribution in [1.82, 2.24) is 24.6 Å². The van der Waals surface area contributed by atoms with Crippen LogP contribution in [0.5, 0.6) is 0 Å². The largest absolute Gasteiger partial charge is 0.373 e. The van der Waals surface area contributed by atoms with Crippen LogP contribution in [0.15, 0.2) is 18.6 Å². The van der Waals surface area contributed by atoms with Crippen LogP contribution in [0.3, 0.4) is 0 Å². The number of rotatable bonds is 2. The van der Waals surface area contributed by atoms with E-state index in [-0.39, 0.29) is 5.91 Å². The molecule has 0 unspecified atom stereocenters. The molecule has 0 aliphatic carbocycles. The third-order valence-corrected chi connectivity index (χ3v) is 3.57. The number of anilines is 1. The Kier molecular flexibility index (Phi) is 3.27. The van der Waals surface area contributed by atoms with Crippen LogP contribution in [-0.2, 0) is 13.1 Å². The minimum atomic E-state index is -0.122. The number of aromatic nitrogens is 4. The quantitative estimate of drug-likeness (QED) is 0.894. The lowest BCUT2D eigenvalue weighted by atomic mass is 10.2. The predicted octanol–water partition coefficient (Wildman–Crippen LogP) is 1.02. The van der Waals surface area contributed by atoms with Crippen molar-refractivity contribution in [1.29, 1.82) is 0 Å². The summed E-state index contributed by atoms with van der Waals surface area (Å²) < 4.78 is 1.94. The van der Waals surface area contributed by atoms with Gasteiger partial charge in [0.1, 0.15) is 12.1 Å². The molecule has 0 saturated heterocycles. The van der Waals surface area contributed by atoms with E-state index in [2.05, 4.69) is 20.5 Å². The summed E-state index contributed by atoms with van der Waals surface area (Å²) in [6, 6.07) is 1.66. The van der Waals surface area contributed by atoms with E-state index in [9.17, 15) is 4.79 Å². The number of nitrogens with zero attached hydrogens (tertiary/aromatic N) is 5. The maximum absolute atomic E-state index is 12.5. The van der Waals surface area contributed by atoms with E-state index in [0.29, 0.717) is 36.0 Å². The van der Waals surface area contributed by atoms with Crippen molar-refractivity contribution >= 4 is 23.3 Å². The van der Waals surface area contributed by atoms with Crippen molar-refractivity contribution in [2.75, 3.05) is 18.9 Å². The minimum Gasteiger partial charge on any atom is -0.373 e. The summed E-state index contributed by atoms with van der Waals surface area (Å²) in [6.45, 7) is 1.74. The summed E-state index contributed by atoms with van der Waals surface area (Å²) >= 11 is 6.08. The van der Waals surface area contributed by atoms with Gasteiger partial charge in [-0.1, -0.05) is 11.6 Å². The molecule has 0 atom stereocenters. The molecule has 1 aliphatic rings. The first-order valence-corrected chi connectivity index (χ1v) is 6.56. The zero-order valence-corrected chi connectivity index (χ0v) is 11.6. The van der Waals surface area contributed by atoms with Crippen LogP contribution < -0.4 is 5.32 Å². The van der Waals surface area contributed by atoms with Gasteiger partial charge in [-0.25, -0.2) is 4.98 Å². The van der Waals surface area contributed by atoms with Gasteiger partial charge >= 0.3 is 0 Å². The van der Waals surface area contributed by atoms with Gasteiger partial charge in [0.05, 0.1) is 17.1 Å². The zero-order chi connectivity index (χ0) is 14.1. The number of hydrogen-bond acceptors (Lipinski definition) is 5. The van der Waals surface area contributed by atoms with Gasteiger partial charge in [0, 0.05) is 26.3 Å². The van der Waals surface area contributed by atoms with Gasteiger partial charge in [0.15, 0.2) is 5.82 Å². The van der Waals surface area contributed by atoms with Crippen molar-refractivity contribution in [3.63, 3.8) is 0 Å². The fourth-order valence-electron chi connectivity index (χ4n) is 2.15. The van der Waals surface area contributed by atoms with Crippen LogP contribution in [0.2, 0.25) is 5.02 Å². The Hall–Kier alpha value is -2.15. The maximum Gasteiger partial charge on any atom is 0.256 e. The molecular formula is C12H13ClN6O. The molecule has 0 aromatic carbocycles. The van der Waals surface area contributed by atoms with Gasteiger partial charge in [0.2, 0.25) is 0 Å². The first kappa shape index (κ1) is 12.9. The standard InChI is InChI=1S/C12H13ClN6O/c1-14-10-4-8(9(13)5-15-10)12(20)18-2-3-19-7-16-17-11(19)6-18/h4-5,7H,2-3,6H2,1H3,(H,14,15). The number of carbonyl (C=O) groups excluding carboxylic acids is 1. The minimum absolute atomic E-state index is 0.122. The maximum atomic E-state index is 12.5. The van der Waals surface area contributed by atoms with Gasteiger partial charge in [-0.05, 0) is 6.07 Å².